The van der Waals surface area contributed by atoms with Crippen molar-refractivity contribution in [2.75, 3.05) is 5.73 Å². The normalized spacial score (nSPS) is 10.2. The lowest BCUT2D eigenvalue weighted by molar-refractivity contribution is 0.0465. The zero-order valence-corrected chi connectivity index (χ0v) is 11.0. The molecule has 0 saturated heterocycles. The minimum Gasteiger partial charge on any atom is -0.456 e. The summed E-state index contributed by atoms with van der Waals surface area (Å²) in [6.07, 6.45) is 1.44. The molecule has 2 N–H and O–H groups in total. The van der Waals surface area contributed by atoms with Crippen molar-refractivity contribution in [3.05, 3.63) is 58.9 Å². The average molecular weight is 256 g/mol. The highest BCUT2D eigenvalue weighted by Crippen LogP contribution is 2.11. The van der Waals surface area contributed by atoms with Crippen molar-refractivity contribution in [2.45, 2.75) is 20.5 Å². The van der Waals surface area contributed by atoms with Crippen LogP contribution in [0, 0.1) is 13.8 Å². The fourth-order valence-corrected chi connectivity index (χ4v) is 1.64. The molecule has 98 valence electrons. The maximum atomic E-state index is 11.8. The van der Waals surface area contributed by atoms with E-state index in [1.54, 1.807) is 12.1 Å². The van der Waals surface area contributed by atoms with Crippen LogP contribution in [0.15, 0.2) is 36.5 Å². The summed E-state index contributed by atoms with van der Waals surface area (Å²) in [7, 11) is 0. The zero-order valence-electron chi connectivity index (χ0n) is 11.0. The van der Waals surface area contributed by atoms with Gasteiger partial charge in [0.15, 0.2) is 0 Å². The molecule has 0 aliphatic rings. The fourth-order valence-electron chi connectivity index (χ4n) is 1.64. The Bertz CT molecular complexity index is 592. The van der Waals surface area contributed by atoms with Crippen LogP contribution >= 0.6 is 0 Å². The standard InChI is InChI=1S/C15H16N2O2/c1-10-3-4-12(7-11(10)2)9-19-15(18)14-6-5-13(16)8-17-14/h3-8H,9,16H2,1-2H3. The Morgan fingerprint density at radius 1 is 1.21 bits per heavy atom. The summed E-state index contributed by atoms with van der Waals surface area (Å²) in [6.45, 7) is 4.32. The topological polar surface area (TPSA) is 65.2 Å². The third kappa shape index (κ3) is 3.31. The Morgan fingerprint density at radius 2 is 2.00 bits per heavy atom. The molecular weight excluding hydrogens is 240 g/mol. The number of aromatic nitrogens is 1. The molecule has 0 aliphatic carbocycles. The van der Waals surface area contributed by atoms with E-state index in [-0.39, 0.29) is 12.3 Å². The Morgan fingerprint density at radius 3 is 2.63 bits per heavy atom. The average Bonchev–Trinajstić information content (AvgIpc) is 2.40. The molecule has 0 radical (unpaired) electrons. The van der Waals surface area contributed by atoms with Crippen LogP contribution in [0.5, 0.6) is 0 Å². The molecule has 1 aromatic carbocycles. The molecule has 0 unspecified atom stereocenters. The summed E-state index contributed by atoms with van der Waals surface area (Å²) in [5.74, 6) is -0.446. The largest absolute Gasteiger partial charge is 0.456 e. The number of carbonyl (C=O) groups excluding carboxylic acids is 1. The van der Waals surface area contributed by atoms with Crippen LogP contribution in [-0.2, 0) is 11.3 Å². The number of esters is 1. The van der Waals surface area contributed by atoms with Gasteiger partial charge in [-0.3, -0.25) is 0 Å². The van der Waals surface area contributed by atoms with Crippen LogP contribution in [0.1, 0.15) is 27.2 Å². The first-order chi connectivity index (χ1) is 9.06. The zero-order chi connectivity index (χ0) is 13.8. The molecule has 0 atom stereocenters. The lowest BCUT2D eigenvalue weighted by Crippen LogP contribution is -2.07. The summed E-state index contributed by atoms with van der Waals surface area (Å²) < 4.78 is 5.21. The second-order valence-electron chi connectivity index (χ2n) is 4.47. The Hall–Kier alpha value is -2.36. The van der Waals surface area contributed by atoms with Crippen molar-refractivity contribution in [1.82, 2.24) is 4.98 Å². The van der Waals surface area contributed by atoms with Gasteiger partial charge in [0.1, 0.15) is 12.3 Å². The molecule has 0 bridgehead atoms. The van der Waals surface area contributed by atoms with E-state index < -0.39 is 5.97 Å². The maximum absolute atomic E-state index is 11.8. The molecule has 19 heavy (non-hydrogen) atoms. The number of carbonyl (C=O) groups is 1. The first kappa shape index (κ1) is 13.1. The SMILES string of the molecule is Cc1ccc(COC(=O)c2ccc(N)cn2)cc1C. The van der Waals surface area contributed by atoms with Crippen molar-refractivity contribution in [3.8, 4) is 0 Å². The van der Waals surface area contributed by atoms with E-state index in [2.05, 4.69) is 4.98 Å². The Kier molecular flexibility index (Phi) is 3.80. The van der Waals surface area contributed by atoms with E-state index in [0.29, 0.717) is 5.69 Å². The third-order valence-electron chi connectivity index (χ3n) is 2.94. The highest BCUT2D eigenvalue weighted by atomic mass is 16.5. The lowest BCUT2D eigenvalue weighted by atomic mass is 10.1. The van der Waals surface area contributed by atoms with Gasteiger partial charge in [-0.1, -0.05) is 18.2 Å². The van der Waals surface area contributed by atoms with E-state index >= 15 is 0 Å². The molecule has 1 heterocycles. The number of aryl methyl sites for hydroxylation is 2. The van der Waals surface area contributed by atoms with Gasteiger partial charge in [-0.25, -0.2) is 9.78 Å². The number of nitrogens with two attached hydrogens (primary N) is 1. The van der Waals surface area contributed by atoms with E-state index in [9.17, 15) is 4.79 Å². The first-order valence-corrected chi connectivity index (χ1v) is 6.01. The van der Waals surface area contributed by atoms with Gasteiger partial charge in [0, 0.05) is 0 Å². The van der Waals surface area contributed by atoms with Crippen LogP contribution < -0.4 is 5.73 Å². The summed E-state index contributed by atoms with van der Waals surface area (Å²) >= 11 is 0. The fraction of sp³-hybridized carbons (Fsp3) is 0.200. The van der Waals surface area contributed by atoms with Gasteiger partial charge in [-0.05, 0) is 42.7 Å². The number of anilines is 1. The van der Waals surface area contributed by atoms with Crippen molar-refractivity contribution in [2.24, 2.45) is 0 Å². The van der Waals surface area contributed by atoms with Crippen molar-refractivity contribution in [1.29, 1.82) is 0 Å². The molecule has 0 amide bonds. The molecule has 1 aromatic heterocycles. The van der Waals surface area contributed by atoms with Crippen molar-refractivity contribution in [3.63, 3.8) is 0 Å². The summed E-state index contributed by atoms with van der Waals surface area (Å²) in [5, 5.41) is 0. The maximum Gasteiger partial charge on any atom is 0.357 e. The lowest BCUT2D eigenvalue weighted by Gasteiger charge is -2.07. The van der Waals surface area contributed by atoms with Gasteiger partial charge in [0.05, 0.1) is 11.9 Å². The first-order valence-electron chi connectivity index (χ1n) is 6.01. The van der Waals surface area contributed by atoms with Crippen molar-refractivity contribution >= 4 is 11.7 Å². The summed E-state index contributed by atoms with van der Waals surface area (Å²) in [5.41, 5.74) is 9.65. The van der Waals surface area contributed by atoms with Crippen molar-refractivity contribution < 1.29 is 9.53 Å². The predicted octanol–water partition coefficient (Wildman–Crippen LogP) is 2.64. The monoisotopic (exact) mass is 256 g/mol. The van der Waals surface area contributed by atoms with Crippen LogP contribution in [0.2, 0.25) is 0 Å². The molecule has 2 rings (SSSR count). The highest BCUT2D eigenvalue weighted by molar-refractivity contribution is 5.87. The number of rotatable bonds is 3. The summed E-state index contributed by atoms with van der Waals surface area (Å²) in [4.78, 5) is 15.7. The molecule has 4 heteroatoms. The van der Waals surface area contributed by atoms with E-state index in [1.165, 1.54) is 17.3 Å². The quantitative estimate of drug-likeness (QED) is 0.857. The van der Waals surface area contributed by atoms with Gasteiger partial charge in [-0.15, -0.1) is 0 Å². The number of ether oxygens (including phenoxy) is 1. The van der Waals surface area contributed by atoms with Gasteiger partial charge in [0.2, 0.25) is 0 Å². The molecule has 0 aliphatic heterocycles. The number of nitrogen functional groups attached to an aromatic ring is 1. The highest BCUT2D eigenvalue weighted by Gasteiger charge is 2.08. The third-order valence-corrected chi connectivity index (χ3v) is 2.94. The van der Waals surface area contributed by atoms with E-state index in [0.717, 1.165) is 5.56 Å². The minimum atomic E-state index is -0.446. The number of benzene rings is 1. The summed E-state index contributed by atoms with van der Waals surface area (Å²) in [6, 6.07) is 9.16. The van der Waals surface area contributed by atoms with Gasteiger partial charge in [0.25, 0.3) is 0 Å². The number of pyridine rings is 1. The molecule has 0 saturated carbocycles. The van der Waals surface area contributed by atoms with Gasteiger partial charge >= 0.3 is 5.97 Å². The second-order valence-corrected chi connectivity index (χ2v) is 4.47. The Labute approximate surface area is 112 Å². The predicted molar refractivity (Wildman–Crippen MR) is 73.7 cm³/mol. The molecule has 2 aromatic rings. The van der Waals surface area contributed by atoms with E-state index in [1.807, 2.05) is 32.0 Å². The Balaban J connectivity index is 2.00. The molecule has 4 nitrogen and oxygen atoms in total. The van der Waals surface area contributed by atoms with E-state index in [4.69, 9.17) is 10.5 Å². The van der Waals surface area contributed by atoms with Crippen LogP contribution in [0.4, 0.5) is 5.69 Å². The van der Waals surface area contributed by atoms with Crippen LogP contribution in [-0.4, -0.2) is 11.0 Å². The second kappa shape index (κ2) is 5.52. The number of hydrogen-bond acceptors (Lipinski definition) is 4. The van der Waals surface area contributed by atoms with Gasteiger partial charge < -0.3 is 10.5 Å². The number of hydrogen-bond donors (Lipinski definition) is 1. The smallest absolute Gasteiger partial charge is 0.357 e. The minimum absolute atomic E-state index is 0.242. The number of nitrogens with zero attached hydrogens (tertiary/aromatic N) is 1. The van der Waals surface area contributed by atoms with Gasteiger partial charge in [-0.2, -0.15) is 0 Å². The van der Waals surface area contributed by atoms with Crippen LogP contribution in [0.3, 0.4) is 0 Å². The molecule has 0 fully saturated rings. The molecular formula is C15H16N2O2. The van der Waals surface area contributed by atoms with Crippen LogP contribution in [0.25, 0.3) is 0 Å². The molecule has 0 spiro atoms.